The minimum absolute atomic E-state index is 0.178. The van der Waals surface area contributed by atoms with Crippen LogP contribution >= 0.6 is 23.2 Å². The zero-order chi connectivity index (χ0) is 25.4. The number of hydrogen-bond acceptors (Lipinski definition) is 7. The molecule has 0 aliphatic rings. The number of methoxy groups -OCH3 is 2. The normalized spacial score (nSPS) is 11.0. The Morgan fingerprint density at radius 1 is 0.972 bits per heavy atom. The molecule has 0 aliphatic heterocycles. The summed E-state index contributed by atoms with van der Waals surface area (Å²) in [5.41, 5.74) is 3.67. The topological polar surface area (TPSA) is 103 Å². The number of pyridine rings is 1. The molecule has 0 saturated carbocycles. The molecule has 0 saturated heterocycles. The summed E-state index contributed by atoms with van der Waals surface area (Å²) >= 11 is 13.4. The molecular formula is C25H20Cl2N6O3. The van der Waals surface area contributed by atoms with Gasteiger partial charge in [-0.3, -0.25) is 9.20 Å². The summed E-state index contributed by atoms with van der Waals surface area (Å²) in [6, 6.07) is 10.8. The number of fused-ring (bicyclic) bond motifs is 3. The van der Waals surface area contributed by atoms with Gasteiger partial charge in [-0.15, -0.1) is 0 Å². The van der Waals surface area contributed by atoms with Crippen molar-refractivity contribution in [2.75, 3.05) is 24.9 Å². The largest absolute Gasteiger partial charge is 0.495 e. The lowest BCUT2D eigenvalue weighted by Gasteiger charge is -2.16. The second-order valence-corrected chi connectivity index (χ2v) is 8.54. The molecule has 11 heteroatoms. The standard InChI is InChI=1S/C25H20Cl2N6O3/c1-13(34)30-16-6-4-5-7-17(16)31-25-29-12-14-10-15(24-28-8-9-33(24)23(14)32-25)20-21(26)18(35-2)11-19(36-3)22(20)27/h4-12H,1-3H3,(H,30,34)(H,29,31,32). The second-order valence-electron chi connectivity index (χ2n) is 7.79. The Morgan fingerprint density at radius 3 is 2.33 bits per heavy atom. The number of halogens is 2. The number of amides is 1. The van der Waals surface area contributed by atoms with Crippen LogP contribution in [-0.2, 0) is 4.79 Å². The second kappa shape index (κ2) is 9.52. The number of carbonyl (C=O) groups is 1. The minimum atomic E-state index is -0.178. The highest BCUT2D eigenvalue weighted by atomic mass is 35.5. The maximum atomic E-state index is 11.6. The molecule has 0 fully saturated rings. The van der Waals surface area contributed by atoms with Crippen LogP contribution in [0.15, 0.2) is 55.0 Å². The molecule has 2 aromatic carbocycles. The van der Waals surface area contributed by atoms with Crippen LogP contribution in [0.2, 0.25) is 10.0 Å². The number of hydrogen-bond donors (Lipinski definition) is 2. The van der Waals surface area contributed by atoms with Crippen molar-refractivity contribution in [3.05, 3.63) is 65.0 Å². The number of carbonyl (C=O) groups excluding carboxylic acids is 1. The highest BCUT2D eigenvalue weighted by molar-refractivity contribution is 6.41. The highest BCUT2D eigenvalue weighted by Gasteiger charge is 2.22. The molecular weight excluding hydrogens is 503 g/mol. The SMILES string of the molecule is COc1cc(OC)c(Cl)c(-c2cc3cnc(Nc4ccccc4NC(C)=O)nc3n3ccnc23)c1Cl. The van der Waals surface area contributed by atoms with Gasteiger partial charge >= 0.3 is 0 Å². The van der Waals surface area contributed by atoms with Crippen LogP contribution in [0.3, 0.4) is 0 Å². The van der Waals surface area contributed by atoms with Crippen LogP contribution in [0.5, 0.6) is 11.5 Å². The third-order valence-corrected chi connectivity index (χ3v) is 6.28. The summed E-state index contributed by atoms with van der Waals surface area (Å²) in [5, 5.41) is 7.37. The fourth-order valence-electron chi connectivity index (χ4n) is 3.95. The summed E-state index contributed by atoms with van der Waals surface area (Å²) in [6.45, 7) is 1.45. The molecule has 3 aromatic heterocycles. The number of rotatable bonds is 6. The first-order chi connectivity index (χ1) is 17.4. The Kier molecular flexibility index (Phi) is 6.26. The van der Waals surface area contributed by atoms with Gasteiger partial charge in [0.25, 0.3) is 0 Å². The number of nitrogens with one attached hydrogen (secondary N) is 2. The maximum Gasteiger partial charge on any atom is 0.229 e. The fraction of sp³-hybridized carbons (Fsp3) is 0.120. The van der Waals surface area contributed by atoms with Crippen molar-refractivity contribution < 1.29 is 14.3 Å². The molecule has 0 unspecified atom stereocenters. The van der Waals surface area contributed by atoms with Crippen LogP contribution in [0, 0.1) is 0 Å². The van der Waals surface area contributed by atoms with E-state index in [1.807, 2.05) is 28.7 Å². The third-order valence-electron chi connectivity index (χ3n) is 5.53. The van der Waals surface area contributed by atoms with E-state index in [2.05, 4.69) is 20.6 Å². The molecule has 5 aromatic rings. The fourth-order valence-corrected chi connectivity index (χ4v) is 4.65. The van der Waals surface area contributed by atoms with Gasteiger partial charge in [0.2, 0.25) is 11.9 Å². The van der Waals surface area contributed by atoms with Gasteiger partial charge in [-0.25, -0.2) is 9.97 Å². The molecule has 0 spiro atoms. The van der Waals surface area contributed by atoms with Gasteiger partial charge in [0.1, 0.15) is 17.1 Å². The van der Waals surface area contributed by atoms with Gasteiger partial charge in [-0.05, 0) is 18.2 Å². The lowest BCUT2D eigenvalue weighted by atomic mass is 10.0. The molecule has 0 radical (unpaired) electrons. The first-order valence-electron chi connectivity index (χ1n) is 10.8. The summed E-state index contributed by atoms with van der Waals surface area (Å²) in [6.07, 6.45) is 5.15. The van der Waals surface area contributed by atoms with Crippen molar-refractivity contribution >= 4 is 63.1 Å². The van der Waals surface area contributed by atoms with Gasteiger partial charge in [-0.1, -0.05) is 35.3 Å². The van der Waals surface area contributed by atoms with Crippen LogP contribution in [0.1, 0.15) is 6.92 Å². The zero-order valence-corrected chi connectivity index (χ0v) is 21.0. The van der Waals surface area contributed by atoms with E-state index in [0.717, 1.165) is 5.39 Å². The number of para-hydroxylation sites is 2. The number of benzene rings is 2. The first kappa shape index (κ1) is 23.7. The van der Waals surface area contributed by atoms with Gasteiger partial charge in [0.15, 0.2) is 5.65 Å². The Balaban J connectivity index is 1.66. The van der Waals surface area contributed by atoms with E-state index in [9.17, 15) is 4.79 Å². The van der Waals surface area contributed by atoms with E-state index in [1.165, 1.54) is 21.1 Å². The summed E-state index contributed by atoms with van der Waals surface area (Å²) in [5.74, 6) is 1.02. The van der Waals surface area contributed by atoms with Gasteiger partial charge in [-0.2, -0.15) is 4.98 Å². The average molecular weight is 523 g/mol. The molecule has 2 N–H and O–H groups in total. The molecule has 36 heavy (non-hydrogen) atoms. The van der Waals surface area contributed by atoms with Gasteiger partial charge < -0.3 is 20.1 Å². The summed E-state index contributed by atoms with van der Waals surface area (Å²) < 4.78 is 12.7. The quantitative estimate of drug-likeness (QED) is 0.283. The number of ether oxygens (including phenoxy) is 2. The van der Waals surface area contributed by atoms with Crippen LogP contribution in [-0.4, -0.2) is 39.5 Å². The minimum Gasteiger partial charge on any atom is -0.495 e. The molecule has 182 valence electrons. The molecule has 5 rings (SSSR count). The number of aromatic nitrogens is 4. The summed E-state index contributed by atoms with van der Waals surface area (Å²) in [7, 11) is 3.05. The van der Waals surface area contributed by atoms with Gasteiger partial charge in [0, 0.05) is 48.1 Å². The Hall–Kier alpha value is -4.08. The number of nitrogens with zero attached hydrogens (tertiary/aromatic N) is 4. The molecule has 9 nitrogen and oxygen atoms in total. The smallest absolute Gasteiger partial charge is 0.229 e. The maximum absolute atomic E-state index is 11.6. The zero-order valence-electron chi connectivity index (χ0n) is 19.5. The predicted octanol–water partition coefficient (Wildman–Crippen LogP) is 5.97. The van der Waals surface area contributed by atoms with E-state index in [1.54, 1.807) is 30.7 Å². The summed E-state index contributed by atoms with van der Waals surface area (Å²) in [4.78, 5) is 25.3. The van der Waals surface area contributed by atoms with Crippen molar-refractivity contribution in [3.8, 4) is 22.6 Å². The van der Waals surface area contributed by atoms with Crippen molar-refractivity contribution in [3.63, 3.8) is 0 Å². The van der Waals surface area contributed by atoms with Crippen molar-refractivity contribution in [1.82, 2.24) is 19.4 Å². The lowest BCUT2D eigenvalue weighted by Crippen LogP contribution is -2.08. The number of imidazole rings is 1. The van der Waals surface area contributed by atoms with Crippen molar-refractivity contribution in [1.29, 1.82) is 0 Å². The lowest BCUT2D eigenvalue weighted by molar-refractivity contribution is -0.114. The Morgan fingerprint density at radius 2 is 1.67 bits per heavy atom. The van der Waals surface area contributed by atoms with E-state index < -0.39 is 0 Å². The van der Waals surface area contributed by atoms with Crippen LogP contribution in [0.4, 0.5) is 17.3 Å². The van der Waals surface area contributed by atoms with E-state index in [0.29, 0.717) is 61.3 Å². The highest BCUT2D eigenvalue weighted by Crippen LogP contribution is 2.47. The predicted molar refractivity (Wildman–Crippen MR) is 141 cm³/mol. The molecule has 0 bridgehead atoms. The van der Waals surface area contributed by atoms with Crippen molar-refractivity contribution in [2.24, 2.45) is 0 Å². The Labute approximate surface area is 216 Å². The Bertz CT molecular complexity index is 1610. The monoisotopic (exact) mass is 522 g/mol. The first-order valence-corrected chi connectivity index (χ1v) is 11.5. The number of anilines is 3. The van der Waals surface area contributed by atoms with Gasteiger partial charge in [0.05, 0.1) is 35.6 Å². The molecule has 1 amide bonds. The molecule has 3 heterocycles. The average Bonchev–Trinajstić information content (AvgIpc) is 3.36. The molecule has 0 aliphatic carbocycles. The molecule has 0 atom stereocenters. The van der Waals surface area contributed by atoms with E-state index in [4.69, 9.17) is 37.7 Å². The van der Waals surface area contributed by atoms with E-state index in [-0.39, 0.29) is 5.91 Å². The van der Waals surface area contributed by atoms with Crippen LogP contribution < -0.4 is 20.1 Å². The van der Waals surface area contributed by atoms with Crippen LogP contribution in [0.25, 0.3) is 27.8 Å². The van der Waals surface area contributed by atoms with Crippen molar-refractivity contribution in [2.45, 2.75) is 6.92 Å². The third kappa shape index (κ3) is 4.12. The van der Waals surface area contributed by atoms with E-state index >= 15 is 0 Å².